The summed E-state index contributed by atoms with van der Waals surface area (Å²) in [6.45, 7) is 1.80. The first-order chi connectivity index (χ1) is 8.63. The van der Waals surface area contributed by atoms with Crippen molar-refractivity contribution >= 4 is 28.5 Å². The van der Waals surface area contributed by atoms with Gasteiger partial charge in [0.15, 0.2) is 0 Å². The molecule has 0 saturated heterocycles. The molecule has 2 aromatic rings. The Kier molecular flexibility index (Phi) is 3.78. The smallest absolute Gasteiger partial charge is 0.250 e. The van der Waals surface area contributed by atoms with E-state index >= 15 is 0 Å². The SMILES string of the molecule is Cc1nnc(NC(=O)C=Cc2cccc(F)c2)s1. The summed E-state index contributed by atoms with van der Waals surface area (Å²) in [5.41, 5.74) is 0.624. The first-order valence-corrected chi connectivity index (χ1v) is 6.00. The van der Waals surface area contributed by atoms with Crippen molar-refractivity contribution in [2.45, 2.75) is 6.92 Å². The van der Waals surface area contributed by atoms with E-state index in [0.717, 1.165) is 5.01 Å². The Labute approximate surface area is 107 Å². The van der Waals surface area contributed by atoms with Crippen molar-refractivity contribution in [2.75, 3.05) is 5.32 Å². The van der Waals surface area contributed by atoms with E-state index in [4.69, 9.17) is 0 Å². The zero-order valence-electron chi connectivity index (χ0n) is 9.55. The molecular formula is C12H10FN3OS. The summed E-state index contributed by atoms with van der Waals surface area (Å²) in [5, 5.41) is 11.3. The lowest BCUT2D eigenvalue weighted by molar-refractivity contribution is -0.111. The molecule has 0 radical (unpaired) electrons. The largest absolute Gasteiger partial charge is 0.297 e. The van der Waals surface area contributed by atoms with E-state index in [0.29, 0.717) is 10.7 Å². The van der Waals surface area contributed by atoms with Crippen molar-refractivity contribution in [2.24, 2.45) is 0 Å². The van der Waals surface area contributed by atoms with Gasteiger partial charge in [-0.1, -0.05) is 23.5 Å². The zero-order chi connectivity index (χ0) is 13.0. The quantitative estimate of drug-likeness (QED) is 0.866. The summed E-state index contributed by atoms with van der Waals surface area (Å²) >= 11 is 1.29. The minimum absolute atomic E-state index is 0.324. The number of aryl methyl sites for hydroxylation is 1. The Balaban J connectivity index is 1.99. The third-order valence-corrected chi connectivity index (χ3v) is 2.79. The van der Waals surface area contributed by atoms with Gasteiger partial charge in [-0.2, -0.15) is 0 Å². The molecule has 92 valence electrons. The maximum Gasteiger partial charge on any atom is 0.250 e. The Morgan fingerprint density at radius 2 is 2.28 bits per heavy atom. The molecule has 0 bridgehead atoms. The average molecular weight is 263 g/mol. The molecule has 2 rings (SSSR count). The third kappa shape index (κ3) is 3.46. The third-order valence-electron chi connectivity index (χ3n) is 2.03. The number of nitrogens with one attached hydrogen (secondary N) is 1. The Morgan fingerprint density at radius 1 is 1.44 bits per heavy atom. The number of aromatic nitrogens is 2. The predicted octanol–water partition coefficient (Wildman–Crippen LogP) is 2.64. The molecule has 1 heterocycles. The highest BCUT2D eigenvalue weighted by Gasteiger charge is 2.02. The van der Waals surface area contributed by atoms with Gasteiger partial charge in [0.05, 0.1) is 0 Å². The van der Waals surface area contributed by atoms with Gasteiger partial charge in [0, 0.05) is 6.08 Å². The molecule has 0 atom stereocenters. The molecule has 0 saturated carbocycles. The first-order valence-electron chi connectivity index (χ1n) is 5.18. The van der Waals surface area contributed by atoms with Crippen LogP contribution in [0.4, 0.5) is 9.52 Å². The monoisotopic (exact) mass is 263 g/mol. The predicted molar refractivity (Wildman–Crippen MR) is 68.7 cm³/mol. The summed E-state index contributed by atoms with van der Waals surface area (Å²) in [7, 11) is 0. The standard InChI is InChI=1S/C12H10FN3OS/c1-8-15-16-12(18-8)14-11(17)6-5-9-3-2-4-10(13)7-9/h2-7H,1H3,(H,14,16,17). The Bertz CT molecular complexity index is 595. The average Bonchev–Trinajstić information content (AvgIpc) is 2.72. The van der Waals surface area contributed by atoms with Crippen molar-refractivity contribution in [1.29, 1.82) is 0 Å². The number of carbonyl (C=O) groups is 1. The van der Waals surface area contributed by atoms with E-state index < -0.39 is 0 Å². The highest BCUT2D eigenvalue weighted by Crippen LogP contribution is 2.13. The van der Waals surface area contributed by atoms with Gasteiger partial charge in [-0.05, 0) is 30.7 Å². The molecule has 1 aromatic carbocycles. The van der Waals surface area contributed by atoms with E-state index in [1.807, 2.05) is 0 Å². The van der Waals surface area contributed by atoms with E-state index in [1.165, 1.54) is 35.6 Å². The topological polar surface area (TPSA) is 54.9 Å². The van der Waals surface area contributed by atoms with Crippen LogP contribution in [-0.2, 0) is 4.79 Å². The fraction of sp³-hybridized carbons (Fsp3) is 0.0833. The number of hydrogen-bond donors (Lipinski definition) is 1. The van der Waals surface area contributed by atoms with Crippen molar-refractivity contribution in [3.8, 4) is 0 Å². The second kappa shape index (κ2) is 5.50. The van der Waals surface area contributed by atoms with Crippen LogP contribution in [0.25, 0.3) is 6.08 Å². The van der Waals surface area contributed by atoms with Gasteiger partial charge in [-0.15, -0.1) is 10.2 Å². The summed E-state index contributed by atoms with van der Waals surface area (Å²) < 4.78 is 12.9. The fourth-order valence-electron chi connectivity index (χ4n) is 1.28. The van der Waals surface area contributed by atoms with Crippen LogP contribution in [-0.4, -0.2) is 16.1 Å². The van der Waals surface area contributed by atoms with Gasteiger partial charge < -0.3 is 0 Å². The maximum absolute atomic E-state index is 12.9. The van der Waals surface area contributed by atoms with Gasteiger partial charge in [0.2, 0.25) is 11.0 Å². The van der Waals surface area contributed by atoms with Crippen LogP contribution in [0, 0.1) is 12.7 Å². The van der Waals surface area contributed by atoms with E-state index in [-0.39, 0.29) is 11.7 Å². The molecule has 0 aliphatic carbocycles. The van der Waals surface area contributed by atoms with Gasteiger partial charge in [0.1, 0.15) is 10.8 Å². The van der Waals surface area contributed by atoms with Crippen molar-refractivity contribution < 1.29 is 9.18 Å². The number of halogens is 1. The summed E-state index contributed by atoms with van der Waals surface area (Å²) in [6.07, 6.45) is 2.86. The number of hydrogen-bond acceptors (Lipinski definition) is 4. The number of benzene rings is 1. The first kappa shape index (κ1) is 12.4. The molecule has 0 unspecified atom stereocenters. The Morgan fingerprint density at radius 3 is 2.94 bits per heavy atom. The maximum atomic E-state index is 12.9. The van der Waals surface area contributed by atoms with Crippen molar-refractivity contribution in [1.82, 2.24) is 10.2 Å². The van der Waals surface area contributed by atoms with E-state index in [2.05, 4.69) is 15.5 Å². The van der Waals surface area contributed by atoms with Gasteiger partial charge in [0.25, 0.3) is 0 Å². The lowest BCUT2D eigenvalue weighted by Crippen LogP contribution is -2.07. The van der Waals surface area contributed by atoms with Crippen LogP contribution >= 0.6 is 11.3 Å². The minimum atomic E-state index is -0.336. The summed E-state index contributed by atoms with van der Waals surface area (Å²) in [4.78, 5) is 11.5. The van der Waals surface area contributed by atoms with Crippen LogP contribution in [0.5, 0.6) is 0 Å². The molecule has 1 N–H and O–H groups in total. The number of amides is 1. The molecular weight excluding hydrogens is 253 g/mol. The molecule has 0 aliphatic heterocycles. The fourth-order valence-corrected chi connectivity index (χ4v) is 1.87. The number of nitrogens with zero attached hydrogens (tertiary/aromatic N) is 2. The van der Waals surface area contributed by atoms with Gasteiger partial charge >= 0.3 is 0 Å². The zero-order valence-corrected chi connectivity index (χ0v) is 10.4. The molecule has 1 amide bonds. The van der Waals surface area contributed by atoms with Crippen LogP contribution in [0.15, 0.2) is 30.3 Å². The summed E-state index contributed by atoms with van der Waals surface area (Å²) in [6, 6.07) is 5.99. The van der Waals surface area contributed by atoms with Crippen LogP contribution in [0.1, 0.15) is 10.6 Å². The molecule has 0 fully saturated rings. The second-order valence-corrected chi connectivity index (χ2v) is 4.69. The summed E-state index contributed by atoms with van der Waals surface area (Å²) in [5.74, 6) is -0.660. The lowest BCUT2D eigenvalue weighted by Gasteiger charge is -1.95. The number of rotatable bonds is 3. The van der Waals surface area contributed by atoms with Crippen molar-refractivity contribution in [3.63, 3.8) is 0 Å². The second-order valence-electron chi connectivity index (χ2n) is 3.50. The number of anilines is 1. The van der Waals surface area contributed by atoms with Crippen LogP contribution in [0.2, 0.25) is 0 Å². The van der Waals surface area contributed by atoms with E-state index in [1.54, 1.807) is 19.1 Å². The molecule has 0 aliphatic rings. The molecule has 0 spiro atoms. The lowest BCUT2D eigenvalue weighted by atomic mass is 10.2. The number of carbonyl (C=O) groups excluding carboxylic acids is 1. The van der Waals surface area contributed by atoms with Gasteiger partial charge in [-0.25, -0.2) is 4.39 Å². The molecule has 4 nitrogen and oxygen atoms in total. The van der Waals surface area contributed by atoms with Crippen LogP contribution in [0.3, 0.4) is 0 Å². The van der Waals surface area contributed by atoms with Gasteiger partial charge in [-0.3, -0.25) is 10.1 Å². The van der Waals surface area contributed by atoms with E-state index in [9.17, 15) is 9.18 Å². The highest BCUT2D eigenvalue weighted by atomic mass is 32.1. The molecule has 18 heavy (non-hydrogen) atoms. The van der Waals surface area contributed by atoms with Crippen molar-refractivity contribution in [3.05, 3.63) is 46.7 Å². The molecule has 6 heteroatoms. The normalized spacial score (nSPS) is 10.8. The Hall–Kier alpha value is -2.08. The molecule has 1 aromatic heterocycles. The minimum Gasteiger partial charge on any atom is -0.297 e. The van der Waals surface area contributed by atoms with Crippen LogP contribution < -0.4 is 5.32 Å². The highest BCUT2D eigenvalue weighted by molar-refractivity contribution is 7.15.